The van der Waals surface area contributed by atoms with Gasteiger partial charge in [-0.1, -0.05) is 123 Å². The SMILES string of the molecule is CCCCCCCCCCCCCCCCCC(=O)OC(CCCCCCCC(=O)O)C(CC)S(=O)(=O)O. The minimum atomic E-state index is -4.31. The van der Waals surface area contributed by atoms with Crippen LogP contribution in [0.5, 0.6) is 0 Å². The maximum atomic E-state index is 12.4. The molecule has 226 valence electrons. The first-order chi connectivity index (χ1) is 18.2. The molecule has 0 aliphatic rings. The van der Waals surface area contributed by atoms with Gasteiger partial charge in [-0.3, -0.25) is 14.1 Å². The van der Waals surface area contributed by atoms with Crippen molar-refractivity contribution in [2.45, 2.75) is 179 Å². The predicted molar refractivity (Wildman–Crippen MR) is 155 cm³/mol. The summed E-state index contributed by atoms with van der Waals surface area (Å²) in [6, 6.07) is 0. The fourth-order valence-electron chi connectivity index (χ4n) is 5.01. The van der Waals surface area contributed by atoms with Gasteiger partial charge in [-0.25, -0.2) is 0 Å². The molecule has 0 radical (unpaired) electrons. The molecule has 0 spiro atoms. The van der Waals surface area contributed by atoms with E-state index in [1.807, 2.05) is 0 Å². The Balaban J connectivity index is 4.03. The molecule has 0 aromatic rings. The lowest BCUT2D eigenvalue weighted by Gasteiger charge is -2.24. The van der Waals surface area contributed by atoms with Gasteiger partial charge in [-0.2, -0.15) is 8.42 Å². The Bertz CT molecular complexity index is 678. The highest BCUT2D eigenvalue weighted by molar-refractivity contribution is 7.86. The van der Waals surface area contributed by atoms with Crippen LogP contribution in [-0.4, -0.2) is 41.4 Å². The molecule has 0 aliphatic carbocycles. The second-order valence-corrected chi connectivity index (χ2v) is 12.5. The van der Waals surface area contributed by atoms with E-state index >= 15 is 0 Å². The van der Waals surface area contributed by atoms with Crippen LogP contribution in [0.15, 0.2) is 0 Å². The van der Waals surface area contributed by atoms with Crippen LogP contribution in [0, 0.1) is 0 Å². The van der Waals surface area contributed by atoms with E-state index in [2.05, 4.69) is 6.92 Å². The smallest absolute Gasteiger partial charge is 0.306 e. The summed E-state index contributed by atoms with van der Waals surface area (Å²) < 4.78 is 38.9. The third-order valence-corrected chi connectivity index (χ3v) is 8.75. The molecule has 0 rings (SSSR count). The fraction of sp³-hybridized carbons (Fsp3) is 0.933. The van der Waals surface area contributed by atoms with E-state index < -0.39 is 33.4 Å². The van der Waals surface area contributed by atoms with E-state index in [0.717, 1.165) is 38.5 Å². The molecule has 0 bridgehead atoms. The third kappa shape index (κ3) is 22.8. The third-order valence-electron chi connectivity index (χ3n) is 7.35. The summed E-state index contributed by atoms with van der Waals surface area (Å²) in [4.78, 5) is 23.0. The molecule has 0 fully saturated rings. The Morgan fingerprint density at radius 3 is 1.42 bits per heavy atom. The van der Waals surface area contributed by atoms with Crippen molar-refractivity contribution in [1.82, 2.24) is 0 Å². The van der Waals surface area contributed by atoms with Gasteiger partial charge in [0, 0.05) is 12.8 Å². The molecule has 2 N–H and O–H groups in total. The molecule has 2 atom stereocenters. The Hall–Kier alpha value is -1.15. The number of carbonyl (C=O) groups is 2. The number of unbranched alkanes of at least 4 members (excludes halogenated alkanes) is 18. The predicted octanol–water partition coefficient (Wildman–Crippen LogP) is 8.64. The zero-order chi connectivity index (χ0) is 28.5. The van der Waals surface area contributed by atoms with Crippen molar-refractivity contribution in [3.8, 4) is 0 Å². The number of esters is 1. The van der Waals surface area contributed by atoms with Gasteiger partial charge in [0.15, 0.2) is 0 Å². The minimum absolute atomic E-state index is 0.153. The maximum absolute atomic E-state index is 12.4. The number of carboxylic acid groups (broad SMARTS) is 1. The van der Waals surface area contributed by atoms with Crippen LogP contribution in [0.2, 0.25) is 0 Å². The molecule has 0 aromatic heterocycles. The Morgan fingerprint density at radius 2 is 1.03 bits per heavy atom. The van der Waals surface area contributed by atoms with Crippen LogP contribution in [0.25, 0.3) is 0 Å². The normalized spacial score (nSPS) is 13.3. The highest BCUT2D eigenvalue weighted by Crippen LogP contribution is 2.21. The lowest BCUT2D eigenvalue weighted by molar-refractivity contribution is -0.149. The molecule has 0 saturated carbocycles. The van der Waals surface area contributed by atoms with Crippen molar-refractivity contribution >= 4 is 22.1 Å². The zero-order valence-electron chi connectivity index (χ0n) is 24.5. The van der Waals surface area contributed by atoms with E-state index in [1.165, 1.54) is 77.0 Å². The summed E-state index contributed by atoms with van der Waals surface area (Å²) in [5.41, 5.74) is 0. The monoisotopic (exact) mass is 562 g/mol. The van der Waals surface area contributed by atoms with Crippen molar-refractivity contribution in [1.29, 1.82) is 0 Å². The quantitative estimate of drug-likeness (QED) is 0.0556. The lowest BCUT2D eigenvalue weighted by Crippen LogP contribution is -2.37. The first-order valence-electron chi connectivity index (χ1n) is 15.6. The number of ether oxygens (including phenoxy) is 1. The Kier molecular flexibility index (Phi) is 24.1. The topological polar surface area (TPSA) is 118 Å². The van der Waals surface area contributed by atoms with Gasteiger partial charge >= 0.3 is 11.9 Å². The molecule has 0 amide bonds. The molecule has 2 unspecified atom stereocenters. The summed E-state index contributed by atoms with van der Waals surface area (Å²) in [6.07, 6.45) is 22.6. The summed E-state index contributed by atoms with van der Waals surface area (Å²) in [5.74, 6) is -1.20. The van der Waals surface area contributed by atoms with E-state index in [9.17, 15) is 22.6 Å². The summed E-state index contributed by atoms with van der Waals surface area (Å²) >= 11 is 0. The number of aliphatic carboxylic acids is 1. The number of hydrogen-bond donors (Lipinski definition) is 2. The van der Waals surface area contributed by atoms with Gasteiger partial charge in [-0.15, -0.1) is 0 Å². The highest BCUT2D eigenvalue weighted by atomic mass is 32.2. The highest BCUT2D eigenvalue weighted by Gasteiger charge is 2.33. The van der Waals surface area contributed by atoms with Gasteiger partial charge < -0.3 is 9.84 Å². The molecule has 0 saturated heterocycles. The molecule has 0 aromatic carbocycles. The molecule has 0 aliphatic heterocycles. The van der Waals surface area contributed by atoms with Gasteiger partial charge in [0.1, 0.15) is 11.4 Å². The number of rotatable bonds is 28. The van der Waals surface area contributed by atoms with Crippen LogP contribution in [0.4, 0.5) is 0 Å². The van der Waals surface area contributed by atoms with Gasteiger partial charge in [0.2, 0.25) is 0 Å². The molecule has 0 heterocycles. The second kappa shape index (κ2) is 24.9. The molecule has 7 nitrogen and oxygen atoms in total. The van der Waals surface area contributed by atoms with E-state index in [4.69, 9.17) is 9.84 Å². The van der Waals surface area contributed by atoms with Crippen molar-refractivity contribution in [3.05, 3.63) is 0 Å². The Labute approximate surface area is 233 Å². The van der Waals surface area contributed by atoms with Gasteiger partial charge in [-0.05, 0) is 32.1 Å². The molecule has 38 heavy (non-hydrogen) atoms. The van der Waals surface area contributed by atoms with Crippen molar-refractivity contribution < 1.29 is 32.4 Å². The summed E-state index contributed by atoms with van der Waals surface area (Å²) in [7, 11) is -4.31. The summed E-state index contributed by atoms with van der Waals surface area (Å²) in [6.45, 7) is 3.92. The first kappa shape index (κ1) is 36.8. The van der Waals surface area contributed by atoms with Crippen LogP contribution in [0.3, 0.4) is 0 Å². The maximum Gasteiger partial charge on any atom is 0.306 e. The number of hydrogen-bond acceptors (Lipinski definition) is 5. The molecular weight excluding hydrogens is 504 g/mol. The fourth-order valence-corrected chi connectivity index (χ4v) is 6.00. The van der Waals surface area contributed by atoms with Crippen LogP contribution < -0.4 is 0 Å². The van der Waals surface area contributed by atoms with E-state index in [1.54, 1.807) is 6.92 Å². The zero-order valence-corrected chi connectivity index (χ0v) is 25.3. The average molecular weight is 563 g/mol. The van der Waals surface area contributed by atoms with Crippen LogP contribution in [0.1, 0.15) is 168 Å². The number of carboxylic acids is 1. The van der Waals surface area contributed by atoms with Gasteiger partial charge in [0.05, 0.1) is 0 Å². The number of carbonyl (C=O) groups excluding carboxylic acids is 1. The van der Waals surface area contributed by atoms with Crippen LogP contribution in [-0.2, 0) is 24.4 Å². The average Bonchev–Trinajstić information content (AvgIpc) is 2.85. The van der Waals surface area contributed by atoms with Crippen molar-refractivity contribution in [3.63, 3.8) is 0 Å². The largest absolute Gasteiger partial charge is 0.481 e. The van der Waals surface area contributed by atoms with E-state index in [0.29, 0.717) is 19.3 Å². The minimum Gasteiger partial charge on any atom is -0.481 e. The van der Waals surface area contributed by atoms with Crippen molar-refractivity contribution in [2.75, 3.05) is 0 Å². The van der Waals surface area contributed by atoms with E-state index in [-0.39, 0.29) is 19.3 Å². The van der Waals surface area contributed by atoms with Gasteiger partial charge in [0.25, 0.3) is 10.1 Å². The second-order valence-electron chi connectivity index (χ2n) is 10.9. The Morgan fingerprint density at radius 1 is 0.632 bits per heavy atom. The molecular formula is C30H58O7S. The summed E-state index contributed by atoms with van der Waals surface area (Å²) in [5, 5.41) is 7.58. The first-order valence-corrected chi connectivity index (χ1v) is 17.1. The standard InChI is InChI=1S/C30H58O7S/c1-3-5-6-7-8-9-10-11-12-13-14-15-16-20-23-26-30(33)37-27(28(4-2)38(34,35)36)24-21-18-17-19-22-25-29(31)32/h27-28H,3-26H2,1-2H3,(H,31,32)(H,34,35,36). The molecule has 8 heteroatoms. The van der Waals surface area contributed by atoms with Crippen molar-refractivity contribution in [2.24, 2.45) is 0 Å². The lowest BCUT2D eigenvalue weighted by atomic mass is 10.0. The van der Waals surface area contributed by atoms with Crippen LogP contribution >= 0.6 is 0 Å².